The molecule has 1 aromatic heterocycles. The lowest BCUT2D eigenvalue weighted by Crippen LogP contribution is -2.41. The number of hydrogen-bond acceptors (Lipinski definition) is 3. The monoisotopic (exact) mass is 328 g/mol. The highest BCUT2D eigenvalue weighted by Gasteiger charge is 2.25. The summed E-state index contributed by atoms with van der Waals surface area (Å²) >= 11 is 3.61. The van der Waals surface area contributed by atoms with Crippen molar-refractivity contribution >= 4 is 21.8 Å². The van der Waals surface area contributed by atoms with E-state index >= 15 is 0 Å². The molecule has 1 amide bonds. The van der Waals surface area contributed by atoms with Gasteiger partial charge in [-0.25, -0.2) is 0 Å². The van der Waals surface area contributed by atoms with E-state index in [0.717, 1.165) is 41.8 Å². The molecule has 0 aromatic carbocycles. The number of halogens is 1. The first-order chi connectivity index (χ1) is 9.04. The summed E-state index contributed by atoms with van der Waals surface area (Å²) in [6, 6.07) is -0.0971. The molecule has 0 bridgehead atoms. The highest BCUT2D eigenvalue weighted by Crippen LogP contribution is 2.23. The van der Waals surface area contributed by atoms with E-state index in [1.54, 1.807) is 0 Å². The summed E-state index contributed by atoms with van der Waals surface area (Å²) in [7, 11) is 1.93. The molecule has 19 heavy (non-hydrogen) atoms. The molecule has 1 saturated heterocycles. The lowest BCUT2D eigenvalue weighted by Gasteiger charge is -2.22. The van der Waals surface area contributed by atoms with E-state index < -0.39 is 0 Å². The Kier molecular flexibility index (Phi) is 4.62. The topological polar surface area (TPSA) is 50.2 Å². The maximum atomic E-state index is 12.3. The van der Waals surface area contributed by atoms with E-state index in [1.807, 2.05) is 23.6 Å². The summed E-state index contributed by atoms with van der Waals surface area (Å²) in [4.78, 5) is 14.2. The minimum absolute atomic E-state index is 0.0971. The van der Waals surface area contributed by atoms with Crippen LogP contribution in [0, 0.1) is 0 Å². The van der Waals surface area contributed by atoms with E-state index in [0.29, 0.717) is 6.54 Å². The number of carbonyl (C=O) groups is 1. The van der Waals surface area contributed by atoms with Gasteiger partial charge in [0.15, 0.2) is 0 Å². The van der Waals surface area contributed by atoms with Crippen molar-refractivity contribution < 1.29 is 4.79 Å². The number of rotatable bonds is 3. The summed E-state index contributed by atoms with van der Waals surface area (Å²) in [6.45, 7) is 6.33. The lowest BCUT2D eigenvalue weighted by atomic mass is 10.2. The Bertz CT molecular complexity index is 471. The molecule has 0 saturated carbocycles. The molecule has 2 rings (SSSR count). The first-order valence-electron chi connectivity index (χ1n) is 6.77. The largest absolute Gasteiger partial charge is 0.335 e. The molecule has 2 heterocycles. The van der Waals surface area contributed by atoms with Gasteiger partial charge >= 0.3 is 0 Å². The molecule has 1 aliphatic rings. The second-order valence-corrected chi connectivity index (χ2v) is 5.77. The minimum atomic E-state index is -0.0971. The molecule has 1 aliphatic heterocycles. The molecular formula is C13H21BrN4O. The van der Waals surface area contributed by atoms with Crippen LogP contribution in [0.2, 0.25) is 0 Å². The van der Waals surface area contributed by atoms with Crippen LogP contribution in [0.1, 0.15) is 31.7 Å². The first kappa shape index (κ1) is 14.5. The van der Waals surface area contributed by atoms with Gasteiger partial charge in [0.05, 0.1) is 28.4 Å². The average Bonchev–Trinajstić information content (AvgIpc) is 2.56. The summed E-state index contributed by atoms with van der Waals surface area (Å²) in [5.41, 5.74) is 2.12. The number of aromatic nitrogens is 2. The first-order valence-corrected chi connectivity index (χ1v) is 7.56. The van der Waals surface area contributed by atoms with Crippen molar-refractivity contribution in [2.75, 3.05) is 13.1 Å². The highest BCUT2D eigenvalue weighted by molar-refractivity contribution is 9.10. The van der Waals surface area contributed by atoms with E-state index in [4.69, 9.17) is 0 Å². The standard InChI is InChI=1S/C13H21BrN4O/c1-4-10-12(14)11(17(3)16-10)8-18-7-5-6-15-9(2)13(18)19/h9,15H,4-8H2,1-3H3. The summed E-state index contributed by atoms with van der Waals surface area (Å²) in [5, 5.41) is 7.71. The molecule has 5 nitrogen and oxygen atoms in total. The van der Waals surface area contributed by atoms with Crippen LogP contribution in [0.4, 0.5) is 0 Å². The SMILES string of the molecule is CCc1nn(C)c(CN2CCCNC(C)C2=O)c1Br. The van der Waals surface area contributed by atoms with Crippen LogP contribution < -0.4 is 5.32 Å². The Morgan fingerprint density at radius 1 is 1.53 bits per heavy atom. The number of aryl methyl sites for hydroxylation is 2. The zero-order valence-electron chi connectivity index (χ0n) is 11.7. The summed E-state index contributed by atoms with van der Waals surface area (Å²) in [5.74, 6) is 0.170. The molecule has 1 aromatic rings. The second kappa shape index (κ2) is 6.05. The van der Waals surface area contributed by atoms with Gasteiger partial charge in [-0.15, -0.1) is 0 Å². The number of carbonyl (C=O) groups excluding carboxylic acids is 1. The minimum Gasteiger partial charge on any atom is -0.335 e. The van der Waals surface area contributed by atoms with Crippen molar-refractivity contribution in [1.29, 1.82) is 0 Å². The molecule has 0 aliphatic carbocycles. The fourth-order valence-corrected chi connectivity index (χ4v) is 3.13. The maximum absolute atomic E-state index is 12.3. The van der Waals surface area contributed by atoms with Gasteiger partial charge in [-0.05, 0) is 42.2 Å². The van der Waals surface area contributed by atoms with Gasteiger partial charge in [-0.1, -0.05) is 6.92 Å². The van der Waals surface area contributed by atoms with Crippen molar-refractivity contribution in [2.45, 2.75) is 39.3 Å². The van der Waals surface area contributed by atoms with Crippen LogP contribution in [-0.4, -0.2) is 39.7 Å². The second-order valence-electron chi connectivity index (χ2n) is 4.97. The maximum Gasteiger partial charge on any atom is 0.239 e. The Morgan fingerprint density at radius 2 is 2.26 bits per heavy atom. The van der Waals surface area contributed by atoms with Gasteiger partial charge in [-0.2, -0.15) is 5.10 Å². The molecule has 106 valence electrons. The quantitative estimate of drug-likeness (QED) is 0.913. The Hall–Kier alpha value is -0.880. The molecule has 1 N–H and O–H groups in total. The van der Waals surface area contributed by atoms with Crippen molar-refractivity contribution in [3.63, 3.8) is 0 Å². The van der Waals surface area contributed by atoms with Gasteiger partial charge in [0.1, 0.15) is 0 Å². The zero-order chi connectivity index (χ0) is 14.0. The third-order valence-electron chi connectivity index (χ3n) is 3.58. The lowest BCUT2D eigenvalue weighted by molar-refractivity contribution is -0.132. The van der Waals surface area contributed by atoms with Crippen molar-refractivity contribution in [3.8, 4) is 0 Å². The Balaban J connectivity index is 2.20. The van der Waals surface area contributed by atoms with Crippen LogP contribution >= 0.6 is 15.9 Å². The number of amides is 1. The normalized spacial score (nSPS) is 20.7. The summed E-state index contributed by atoms with van der Waals surface area (Å²) < 4.78 is 2.91. The van der Waals surface area contributed by atoms with Crippen LogP contribution in [0.25, 0.3) is 0 Å². The summed E-state index contributed by atoms with van der Waals surface area (Å²) in [6.07, 6.45) is 1.88. The molecule has 6 heteroatoms. The van der Waals surface area contributed by atoms with Crippen molar-refractivity contribution in [3.05, 3.63) is 15.9 Å². The number of nitrogens with zero attached hydrogens (tertiary/aromatic N) is 3. The van der Waals surface area contributed by atoms with Crippen LogP contribution in [-0.2, 0) is 24.8 Å². The van der Waals surface area contributed by atoms with E-state index in [9.17, 15) is 4.79 Å². The van der Waals surface area contributed by atoms with Crippen LogP contribution in [0.5, 0.6) is 0 Å². The Labute approximate surface area is 122 Å². The fraction of sp³-hybridized carbons (Fsp3) is 0.692. The fourth-order valence-electron chi connectivity index (χ4n) is 2.39. The molecule has 1 fully saturated rings. The van der Waals surface area contributed by atoms with Gasteiger partial charge in [0.2, 0.25) is 5.91 Å². The van der Waals surface area contributed by atoms with Crippen molar-refractivity contribution in [1.82, 2.24) is 20.0 Å². The zero-order valence-corrected chi connectivity index (χ0v) is 13.3. The van der Waals surface area contributed by atoms with Gasteiger partial charge < -0.3 is 10.2 Å². The highest BCUT2D eigenvalue weighted by atomic mass is 79.9. The Morgan fingerprint density at radius 3 is 2.89 bits per heavy atom. The average molecular weight is 329 g/mol. The van der Waals surface area contributed by atoms with E-state index in [-0.39, 0.29) is 11.9 Å². The number of hydrogen-bond donors (Lipinski definition) is 1. The van der Waals surface area contributed by atoms with Gasteiger partial charge in [0.25, 0.3) is 0 Å². The molecule has 0 spiro atoms. The van der Waals surface area contributed by atoms with Crippen LogP contribution in [0.15, 0.2) is 4.47 Å². The molecular weight excluding hydrogens is 308 g/mol. The van der Waals surface area contributed by atoms with E-state index in [1.165, 1.54) is 0 Å². The number of nitrogens with one attached hydrogen (secondary N) is 1. The van der Waals surface area contributed by atoms with Crippen LogP contribution in [0.3, 0.4) is 0 Å². The van der Waals surface area contributed by atoms with Crippen molar-refractivity contribution in [2.24, 2.45) is 7.05 Å². The van der Waals surface area contributed by atoms with Gasteiger partial charge in [0, 0.05) is 13.6 Å². The molecule has 1 atom stereocenters. The molecule has 0 radical (unpaired) electrons. The molecule has 1 unspecified atom stereocenters. The predicted molar refractivity (Wildman–Crippen MR) is 77.8 cm³/mol. The third kappa shape index (κ3) is 3.00. The third-order valence-corrected chi connectivity index (χ3v) is 4.50. The van der Waals surface area contributed by atoms with Gasteiger partial charge in [-0.3, -0.25) is 9.48 Å². The smallest absolute Gasteiger partial charge is 0.239 e. The van der Waals surface area contributed by atoms with E-state index in [2.05, 4.69) is 33.3 Å². The predicted octanol–water partition coefficient (Wildman–Crippen LogP) is 1.46.